The summed E-state index contributed by atoms with van der Waals surface area (Å²) in [7, 11) is 0. The van der Waals surface area contributed by atoms with Crippen LogP contribution in [-0.4, -0.2) is 4.57 Å². The van der Waals surface area contributed by atoms with Crippen molar-refractivity contribution in [3.8, 4) is 5.69 Å². The van der Waals surface area contributed by atoms with Gasteiger partial charge in [-0.25, -0.2) is 0 Å². The normalized spacial score (nSPS) is 11.9. The Bertz CT molecular complexity index is 3150. The van der Waals surface area contributed by atoms with E-state index in [-0.39, 0.29) is 0 Å². The molecule has 0 unspecified atom stereocenters. The fourth-order valence-electron chi connectivity index (χ4n) is 8.27. The zero-order valence-electron chi connectivity index (χ0n) is 27.6. The highest BCUT2D eigenvalue weighted by atomic mass is 32.1. The fourth-order valence-corrected chi connectivity index (χ4v) is 9.36. The Labute approximate surface area is 298 Å². The molecule has 9 aromatic carbocycles. The molecule has 0 atom stereocenters. The van der Waals surface area contributed by atoms with Crippen LogP contribution in [0.3, 0.4) is 0 Å². The molecule has 2 aromatic heterocycles. The summed E-state index contributed by atoms with van der Waals surface area (Å²) in [4.78, 5) is 2.47. The van der Waals surface area contributed by atoms with Crippen LogP contribution in [0.1, 0.15) is 0 Å². The highest BCUT2D eigenvalue weighted by Gasteiger charge is 2.20. The third-order valence-corrected chi connectivity index (χ3v) is 11.7. The summed E-state index contributed by atoms with van der Waals surface area (Å²) >= 11 is 1.86. The van der Waals surface area contributed by atoms with Crippen molar-refractivity contribution in [2.45, 2.75) is 0 Å². The van der Waals surface area contributed by atoms with Crippen LogP contribution in [0.15, 0.2) is 182 Å². The Morgan fingerprint density at radius 2 is 0.961 bits per heavy atom. The van der Waals surface area contributed by atoms with Gasteiger partial charge in [-0.05, 0) is 93.7 Å². The van der Waals surface area contributed by atoms with Crippen molar-refractivity contribution < 1.29 is 0 Å². The number of thiophene rings is 1. The van der Waals surface area contributed by atoms with Crippen molar-refractivity contribution in [3.05, 3.63) is 182 Å². The molecule has 3 heteroatoms. The lowest BCUT2D eigenvalue weighted by Gasteiger charge is -2.27. The lowest BCUT2D eigenvalue weighted by atomic mass is 9.96. The Hall–Kier alpha value is -6.42. The number of nitrogens with zero attached hydrogens (tertiary/aromatic N) is 2. The minimum atomic E-state index is 1.13. The highest BCUT2D eigenvalue weighted by molar-refractivity contribution is 7.25. The summed E-state index contributed by atoms with van der Waals surface area (Å²) in [5.41, 5.74) is 6.99. The van der Waals surface area contributed by atoms with Crippen molar-refractivity contribution in [2.75, 3.05) is 4.90 Å². The van der Waals surface area contributed by atoms with Gasteiger partial charge in [0.1, 0.15) is 0 Å². The number of anilines is 3. The zero-order valence-corrected chi connectivity index (χ0v) is 28.4. The molecule has 11 rings (SSSR count). The maximum atomic E-state index is 2.47. The van der Waals surface area contributed by atoms with E-state index in [4.69, 9.17) is 0 Å². The first kappa shape index (κ1) is 28.4. The number of hydrogen-bond acceptors (Lipinski definition) is 2. The molecule has 0 aliphatic carbocycles. The number of benzene rings is 9. The van der Waals surface area contributed by atoms with Crippen LogP contribution in [0.25, 0.3) is 80.0 Å². The minimum absolute atomic E-state index is 1.13. The maximum absolute atomic E-state index is 2.47. The fraction of sp³-hybridized carbons (Fsp3) is 0. The van der Waals surface area contributed by atoms with Gasteiger partial charge in [-0.15, -0.1) is 11.3 Å². The first-order chi connectivity index (χ1) is 25.3. The van der Waals surface area contributed by atoms with Gasteiger partial charge < -0.3 is 9.47 Å². The van der Waals surface area contributed by atoms with Crippen LogP contribution in [0.4, 0.5) is 17.1 Å². The van der Waals surface area contributed by atoms with Crippen LogP contribution < -0.4 is 4.90 Å². The zero-order chi connectivity index (χ0) is 33.5. The van der Waals surface area contributed by atoms with Crippen LogP contribution in [0.2, 0.25) is 0 Å². The molecule has 0 amide bonds. The first-order valence-corrected chi connectivity index (χ1v) is 18.3. The van der Waals surface area contributed by atoms with Crippen molar-refractivity contribution in [1.82, 2.24) is 4.57 Å². The molecular formula is C48H30N2S. The number of hydrogen-bond donors (Lipinski definition) is 0. The monoisotopic (exact) mass is 666 g/mol. The average Bonchev–Trinajstić information content (AvgIpc) is 3.73. The summed E-state index contributed by atoms with van der Waals surface area (Å²) in [6.45, 7) is 0. The van der Waals surface area contributed by atoms with Crippen molar-refractivity contribution >= 4 is 103 Å². The Morgan fingerprint density at radius 3 is 1.86 bits per heavy atom. The third kappa shape index (κ3) is 4.29. The van der Waals surface area contributed by atoms with Crippen LogP contribution in [0, 0.1) is 0 Å². The van der Waals surface area contributed by atoms with E-state index in [0.29, 0.717) is 0 Å². The smallest absolute Gasteiger partial charge is 0.0542 e. The van der Waals surface area contributed by atoms with Gasteiger partial charge in [-0.3, -0.25) is 0 Å². The van der Waals surface area contributed by atoms with E-state index in [1.165, 1.54) is 74.3 Å². The Morgan fingerprint density at radius 1 is 0.353 bits per heavy atom. The van der Waals surface area contributed by atoms with E-state index >= 15 is 0 Å². The molecule has 0 saturated heterocycles. The minimum Gasteiger partial charge on any atom is -0.310 e. The Kier molecular flexibility index (Phi) is 6.16. The second-order valence-corrected chi connectivity index (χ2v) is 14.4. The van der Waals surface area contributed by atoms with Crippen molar-refractivity contribution in [1.29, 1.82) is 0 Å². The molecular weight excluding hydrogens is 637 g/mol. The summed E-state index contributed by atoms with van der Waals surface area (Å²) in [6, 6.07) is 66.9. The summed E-state index contributed by atoms with van der Waals surface area (Å²) < 4.78 is 5.00. The number of para-hydroxylation sites is 2. The third-order valence-electron chi connectivity index (χ3n) is 10.5. The molecule has 238 valence electrons. The second-order valence-electron chi connectivity index (χ2n) is 13.3. The molecule has 0 saturated carbocycles. The maximum Gasteiger partial charge on any atom is 0.0542 e. The number of aromatic nitrogens is 1. The van der Waals surface area contributed by atoms with E-state index in [9.17, 15) is 0 Å². The molecule has 0 radical (unpaired) electrons. The average molecular weight is 667 g/mol. The quantitative estimate of drug-likeness (QED) is 0.170. The van der Waals surface area contributed by atoms with Crippen LogP contribution in [-0.2, 0) is 0 Å². The second kappa shape index (κ2) is 11.0. The molecule has 0 aliphatic heterocycles. The molecule has 0 spiro atoms. The predicted octanol–water partition coefficient (Wildman–Crippen LogP) is 14.1. The van der Waals surface area contributed by atoms with E-state index < -0.39 is 0 Å². The standard InChI is InChI=1S/C48H30N2S/c1-2-12-32(13-3-1)50-45-18-8-6-15-39(45)42-29-33(22-27-46(42)50)49(34-23-28-48-43(30-34)41-16-7-9-20-47(41)51-48)44-19-10-17-36-38-24-21-31-11-4-5-14-35(31)37(38)25-26-40(36)44/h1-30H. The lowest BCUT2D eigenvalue weighted by Crippen LogP contribution is -2.10. The van der Waals surface area contributed by atoms with Gasteiger partial charge in [0, 0.05) is 53.4 Å². The van der Waals surface area contributed by atoms with Crippen LogP contribution >= 0.6 is 11.3 Å². The van der Waals surface area contributed by atoms with Gasteiger partial charge in [0.25, 0.3) is 0 Å². The summed E-state index contributed by atoms with van der Waals surface area (Å²) in [5, 5.41) is 12.7. The van der Waals surface area contributed by atoms with E-state index in [1.54, 1.807) is 0 Å². The van der Waals surface area contributed by atoms with Gasteiger partial charge in [0.05, 0.1) is 16.7 Å². The largest absolute Gasteiger partial charge is 0.310 e. The molecule has 0 N–H and O–H groups in total. The van der Waals surface area contributed by atoms with Crippen molar-refractivity contribution in [2.24, 2.45) is 0 Å². The molecule has 11 aromatic rings. The van der Waals surface area contributed by atoms with Gasteiger partial charge >= 0.3 is 0 Å². The van der Waals surface area contributed by atoms with Gasteiger partial charge in [-0.1, -0.05) is 115 Å². The SMILES string of the molecule is c1ccc(-n2c3ccccc3c3cc(N(c4ccc5sc6ccccc6c5c4)c4cccc5c4ccc4c6ccccc6ccc54)ccc32)cc1. The van der Waals surface area contributed by atoms with E-state index in [2.05, 4.69) is 191 Å². The molecule has 0 aliphatic rings. The van der Waals surface area contributed by atoms with E-state index in [0.717, 1.165) is 22.7 Å². The summed E-state index contributed by atoms with van der Waals surface area (Å²) in [5.74, 6) is 0. The molecule has 2 nitrogen and oxygen atoms in total. The number of fused-ring (bicyclic) bond motifs is 11. The first-order valence-electron chi connectivity index (χ1n) is 17.4. The molecule has 0 fully saturated rings. The predicted molar refractivity (Wildman–Crippen MR) is 221 cm³/mol. The van der Waals surface area contributed by atoms with E-state index in [1.807, 2.05) is 11.3 Å². The van der Waals surface area contributed by atoms with Crippen LogP contribution in [0.5, 0.6) is 0 Å². The topological polar surface area (TPSA) is 8.17 Å². The van der Waals surface area contributed by atoms with Gasteiger partial charge in [-0.2, -0.15) is 0 Å². The lowest BCUT2D eigenvalue weighted by molar-refractivity contribution is 1.18. The summed E-state index contributed by atoms with van der Waals surface area (Å²) in [6.07, 6.45) is 0. The molecule has 0 bridgehead atoms. The number of rotatable bonds is 4. The highest BCUT2D eigenvalue weighted by Crippen LogP contribution is 2.45. The molecule has 2 heterocycles. The molecule has 51 heavy (non-hydrogen) atoms. The van der Waals surface area contributed by atoms with Gasteiger partial charge in [0.15, 0.2) is 0 Å². The Balaban J connectivity index is 1.20. The van der Waals surface area contributed by atoms with Crippen molar-refractivity contribution in [3.63, 3.8) is 0 Å². The van der Waals surface area contributed by atoms with Gasteiger partial charge in [0.2, 0.25) is 0 Å².